The molecule has 0 aliphatic carbocycles. The highest BCUT2D eigenvalue weighted by Gasteiger charge is 2.43. The van der Waals surface area contributed by atoms with Gasteiger partial charge in [-0.3, -0.25) is 9.59 Å². The lowest BCUT2D eigenvalue weighted by molar-refractivity contribution is -0.123. The van der Waals surface area contributed by atoms with Crippen molar-refractivity contribution in [1.82, 2.24) is 14.8 Å². The van der Waals surface area contributed by atoms with E-state index in [1.165, 1.54) is 0 Å². The average molecular weight is 340 g/mol. The van der Waals surface area contributed by atoms with Crippen molar-refractivity contribution in [2.24, 2.45) is 5.92 Å². The smallest absolute Gasteiger partial charge is 0.270 e. The van der Waals surface area contributed by atoms with E-state index in [1.807, 2.05) is 28.7 Å². The molecule has 3 rings (SSSR count). The van der Waals surface area contributed by atoms with Gasteiger partial charge in [0.1, 0.15) is 5.69 Å². The van der Waals surface area contributed by atoms with Crippen molar-refractivity contribution in [3.05, 3.63) is 22.4 Å². The second-order valence-corrected chi connectivity index (χ2v) is 6.31. The molecule has 108 valence electrons. The van der Waals surface area contributed by atoms with Crippen LogP contribution >= 0.6 is 15.9 Å². The number of amides is 2. The molecule has 2 saturated heterocycles. The van der Waals surface area contributed by atoms with Crippen molar-refractivity contribution in [3.8, 4) is 0 Å². The van der Waals surface area contributed by atoms with Gasteiger partial charge in [0.05, 0.1) is 12.0 Å². The zero-order valence-electron chi connectivity index (χ0n) is 11.4. The molecule has 1 aromatic rings. The van der Waals surface area contributed by atoms with Crippen molar-refractivity contribution in [2.45, 2.75) is 32.4 Å². The molecular formula is C14H18BrN3O2. The summed E-state index contributed by atoms with van der Waals surface area (Å²) >= 11 is 3.42. The first-order chi connectivity index (χ1) is 9.61. The first-order valence-corrected chi connectivity index (χ1v) is 7.85. The summed E-state index contributed by atoms with van der Waals surface area (Å²) in [7, 11) is 0. The number of aromatic nitrogens is 1. The molecule has 0 bridgehead atoms. The highest BCUT2D eigenvalue weighted by molar-refractivity contribution is 9.10. The number of hydrogen-bond acceptors (Lipinski definition) is 2. The fourth-order valence-electron chi connectivity index (χ4n) is 3.27. The van der Waals surface area contributed by atoms with E-state index in [0.717, 1.165) is 30.4 Å². The molecule has 2 aliphatic rings. The topological polar surface area (TPSA) is 54.3 Å². The maximum Gasteiger partial charge on any atom is 0.270 e. The molecule has 3 heterocycles. The number of rotatable bonds is 2. The van der Waals surface area contributed by atoms with E-state index >= 15 is 0 Å². The highest BCUT2D eigenvalue weighted by atomic mass is 79.9. The number of nitrogens with zero attached hydrogens (tertiary/aromatic N) is 2. The van der Waals surface area contributed by atoms with Gasteiger partial charge in [0.2, 0.25) is 5.91 Å². The molecule has 6 heteroatoms. The molecule has 2 aliphatic heterocycles. The number of nitrogens with one attached hydrogen (secondary N) is 1. The normalized spacial score (nSPS) is 25.5. The standard InChI is InChI=1S/C14H18BrN3O2/c1-2-17-8-9(15)6-11(17)14(20)18-5-3-4-10-12(18)7-16-13(10)19/h6,8,10,12H,2-5,7H2,1H3,(H,16,19). The highest BCUT2D eigenvalue weighted by Crippen LogP contribution is 2.29. The quantitative estimate of drug-likeness (QED) is 0.890. The van der Waals surface area contributed by atoms with Crippen molar-refractivity contribution in [2.75, 3.05) is 13.1 Å². The lowest BCUT2D eigenvalue weighted by Crippen LogP contribution is -2.49. The first-order valence-electron chi connectivity index (χ1n) is 7.06. The molecule has 20 heavy (non-hydrogen) atoms. The van der Waals surface area contributed by atoms with E-state index in [4.69, 9.17) is 0 Å². The number of carbonyl (C=O) groups is 2. The summed E-state index contributed by atoms with van der Waals surface area (Å²) in [5.74, 6) is 0.101. The van der Waals surface area contributed by atoms with Crippen LogP contribution in [0.4, 0.5) is 0 Å². The third-order valence-electron chi connectivity index (χ3n) is 4.29. The van der Waals surface area contributed by atoms with Crippen LogP contribution in [0.5, 0.6) is 0 Å². The molecule has 2 amide bonds. The Morgan fingerprint density at radius 3 is 3.10 bits per heavy atom. The fourth-order valence-corrected chi connectivity index (χ4v) is 3.73. The van der Waals surface area contributed by atoms with Crippen LogP contribution in [0.1, 0.15) is 30.3 Å². The number of piperidine rings is 1. The zero-order chi connectivity index (χ0) is 14.3. The monoisotopic (exact) mass is 339 g/mol. The van der Waals surface area contributed by atoms with E-state index in [0.29, 0.717) is 12.2 Å². The molecule has 2 atom stereocenters. The van der Waals surface area contributed by atoms with Crippen LogP contribution in [-0.2, 0) is 11.3 Å². The van der Waals surface area contributed by atoms with Crippen LogP contribution in [-0.4, -0.2) is 40.4 Å². The summed E-state index contributed by atoms with van der Waals surface area (Å²) in [5.41, 5.74) is 0.694. The van der Waals surface area contributed by atoms with Gasteiger partial charge in [0.25, 0.3) is 5.91 Å². The molecule has 5 nitrogen and oxygen atoms in total. The van der Waals surface area contributed by atoms with Gasteiger partial charge in [-0.05, 0) is 41.8 Å². The number of likely N-dealkylation sites (tertiary alicyclic amines) is 1. The summed E-state index contributed by atoms with van der Waals surface area (Å²) in [6.07, 6.45) is 3.71. The predicted molar refractivity (Wildman–Crippen MR) is 78.4 cm³/mol. The van der Waals surface area contributed by atoms with Crippen molar-refractivity contribution in [1.29, 1.82) is 0 Å². The van der Waals surface area contributed by atoms with Crippen LogP contribution in [0.3, 0.4) is 0 Å². The predicted octanol–water partition coefficient (Wildman–Crippen LogP) is 1.62. The van der Waals surface area contributed by atoms with Gasteiger partial charge in [-0.25, -0.2) is 0 Å². The Morgan fingerprint density at radius 1 is 1.55 bits per heavy atom. The maximum atomic E-state index is 12.8. The van der Waals surface area contributed by atoms with Crippen LogP contribution in [0.25, 0.3) is 0 Å². The first kappa shape index (κ1) is 13.7. The second-order valence-electron chi connectivity index (χ2n) is 5.39. The molecule has 0 aromatic carbocycles. The van der Waals surface area contributed by atoms with Crippen LogP contribution in [0, 0.1) is 5.92 Å². The summed E-state index contributed by atoms with van der Waals surface area (Å²) in [6, 6.07) is 1.88. The molecule has 1 N–H and O–H groups in total. The summed E-state index contributed by atoms with van der Waals surface area (Å²) in [4.78, 5) is 26.4. The Hall–Kier alpha value is -1.30. The third-order valence-corrected chi connectivity index (χ3v) is 4.72. The van der Waals surface area contributed by atoms with Gasteiger partial charge >= 0.3 is 0 Å². The molecule has 2 unspecified atom stereocenters. The summed E-state index contributed by atoms with van der Waals surface area (Å²) in [5, 5.41) is 2.88. The molecular weight excluding hydrogens is 322 g/mol. The minimum Gasteiger partial charge on any atom is -0.354 e. The van der Waals surface area contributed by atoms with E-state index in [-0.39, 0.29) is 23.8 Å². The van der Waals surface area contributed by atoms with Gasteiger partial charge in [-0.2, -0.15) is 0 Å². The Bertz CT molecular complexity index is 555. The van der Waals surface area contributed by atoms with Crippen LogP contribution in [0.15, 0.2) is 16.7 Å². The fraction of sp³-hybridized carbons (Fsp3) is 0.571. The van der Waals surface area contributed by atoms with Gasteiger partial charge in [0.15, 0.2) is 0 Å². The number of fused-ring (bicyclic) bond motifs is 1. The second kappa shape index (κ2) is 5.24. The number of hydrogen-bond donors (Lipinski definition) is 1. The van der Waals surface area contributed by atoms with E-state index in [9.17, 15) is 9.59 Å². The molecule has 1 aromatic heterocycles. The average Bonchev–Trinajstić information content (AvgIpc) is 3.01. The minimum atomic E-state index is -0.0267. The summed E-state index contributed by atoms with van der Waals surface area (Å²) in [6.45, 7) is 4.10. The van der Waals surface area contributed by atoms with Crippen molar-refractivity contribution >= 4 is 27.7 Å². The largest absolute Gasteiger partial charge is 0.354 e. The maximum absolute atomic E-state index is 12.8. The SMILES string of the molecule is CCn1cc(Br)cc1C(=O)N1CCCC2C(=O)NCC21. The van der Waals surface area contributed by atoms with E-state index < -0.39 is 0 Å². The number of carbonyl (C=O) groups excluding carboxylic acids is 2. The van der Waals surface area contributed by atoms with Crippen molar-refractivity contribution in [3.63, 3.8) is 0 Å². The lowest BCUT2D eigenvalue weighted by atomic mass is 9.91. The molecule has 0 saturated carbocycles. The minimum absolute atomic E-state index is 0.0164. The van der Waals surface area contributed by atoms with Gasteiger partial charge < -0.3 is 14.8 Å². The molecule has 0 radical (unpaired) electrons. The van der Waals surface area contributed by atoms with Crippen LogP contribution < -0.4 is 5.32 Å². The van der Waals surface area contributed by atoms with Gasteiger partial charge in [0, 0.05) is 30.3 Å². The summed E-state index contributed by atoms with van der Waals surface area (Å²) < 4.78 is 2.86. The van der Waals surface area contributed by atoms with Gasteiger partial charge in [-0.1, -0.05) is 0 Å². The zero-order valence-corrected chi connectivity index (χ0v) is 13.0. The Balaban J connectivity index is 1.88. The Labute approximate surface area is 126 Å². The number of halogens is 1. The van der Waals surface area contributed by atoms with Gasteiger partial charge in [-0.15, -0.1) is 0 Å². The van der Waals surface area contributed by atoms with Crippen LogP contribution in [0.2, 0.25) is 0 Å². The Morgan fingerprint density at radius 2 is 2.35 bits per heavy atom. The molecule has 0 spiro atoms. The van der Waals surface area contributed by atoms with E-state index in [1.54, 1.807) is 0 Å². The Kier molecular flexibility index (Phi) is 3.58. The number of aryl methyl sites for hydroxylation is 1. The third kappa shape index (κ3) is 2.16. The van der Waals surface area contributed by atoms with Crippen molar-refractivity contribution < 1.29 is 9.59 Å². The lowest BCUT2D eigenvalue weighted by Gasteiger charge is -2.36. The van der Waals surface area contributed by atoms with E-state index in [2.05, 4.69) is 21.2 Å². The molecule has 2 fully saturated rings.